The summed E-state index contributed by atoms with van der Waals surface area (Å²) >= 11 is 0. The van der Waals surface area contributed by atoms with Gasteiger partial charge >= 0.3 is 0 Å². The van der Waals surface area contributed by atoms with Gasteiger partial charge in [0.1, 0.15) is 0 Å². The van der Waals surface area contributed by atoms with Crippen molar-refractivity contribution in [1.82, 2.24) is 5.32 Å². The average molecular weight is 291 g/mol. The van der Waals surface area contributed by atoms with E-state index in [0.29, 0.717) is 12.2 Å². The van der Waals surface area contributed by atoms with E-state index in [9.17, 15) is 4.79 Å². The summed E-state index contributed by atoms with van der Waals surface area (Å²) in [5, 5.41) is 3.14. The molecule has 1 aliphatic rings. The van der Waals surface area contributed by atoms with Crippen molar-refractivity contribution in [2.45, 2.75) is 45.4 Å². The van der Waals surface area contributed by atoms with Crippen molar-refractivity contribution in [3.8, 4) is 0 Å². The highest BCUT2D eigenvalue weighted by atomic mass is 16.5. The second kappa shape index (κ2) is 5.78. The zero-order valence-corrected chi connectivity index (χ0v) is 13.5. The summed E-state index contributed by atoms with van der Waals surface area (Å²) in [6, 6.07) is 7.67. The first-order chi connectivity index (χ1) is 9.85. The monoisotopic (exact) mass is 291 g/mol. The fraction of sp³-hybridized carbons (Fsp3) is 0.588. The first-order valence-electron chi connectivity index (χ1n) is 7.28. The largest absolute Gasteiger partial charge is 0.380 e. The molecule has 1 amide bonds. The molecule has 0 aromatic heterocycles. The molecule has 0 unspecified atom stereocenters. The summed E-state index contributed by atoms with van der Waals surface area (Å²) in [5.74, 6) is -0.0427. The smallest absolute Gasteiger partial charge is 0.251 e. The van der Waals surface area contributed by atoms with E-state index < -0.39 is 0 Å². The fourth-order valence-electron chi connectivity index (χ4n) is 2.98. The number of rotatable bonds is 5. The van der Waals surface area contributed by atoms with Crippen molar-refractivity contribution >= 4 is 5.91 Å². The predicted octanol–water partition coefficient (Wildman–Crippen LogP) is 2.77. The van der Waals surface area contributed by atoms with Crippen LogP contribution in [0.2, 0.25) is 0 Å². The van der Waals surface area contributed by atoms with Gasteiger partial charge in [0.05, 0.1) is 12.2 Å². The van der Waals surface area contributed by atoms with Gasteiger partial charge in [0, 0.05) is 31.2 Å². The van der Waals surface area contributed by atoms with Gasteiger partial charge in [0.15, 0.2) is 0 Å². The van der Waals surface area contributed by atoms with Crippen LogP contribution in [0.25, 0.3) is 0 Å². The SMILES string of the molecule is COCc1ccccc1C(=O)N[C@@H]1C[C@](C)(OC)C1(C)C. The summed E-state index contributed by atoms with van der Waals surface area (Å²) in [7, 11) is 3.36. The molecule has 1 N–H and O–H groups in total. The molecule has 1 aliphatic carbocycles. The molecule has 0 radical (unpaired) electrons. The highest BCUT2D eigenvalue weighted by molar-refractivity contribution is 5.96. The van der Waals surface area contributed by atoms with E-state index in [1.807, 2.05) is 24.3 Å². The van der Waals surface area contributed by atoms with E-state index in [2.05, 4.69) is 26.1 Å². The Morgan fingerprint density at radius 1 is 1.29 bits per heavy atom. The van der Waals surface area contributed by atoms with E-state index in [0.717, 1.165) is 12.0 Å². The normalized spacial score (nSPS) is 27.0. The molecule has 2 atom stereocenters. The fourth-order valence-corrected chi connectivity index (χ4v) is 2.98. The molecular formula is C17H25NO3. The summed E-state index contributed by atoms with van der Waals surface area (Å²) < 4.78 is 10.8. The second-order valence-corrected chi connectivity index (χ2v) is 6.48. The van der Waals surface area contributed by atoms with Gasteiger partial charge in [-0.15, -0.1) is 0 Å². The minimum atomic E-state index is -0.184. The molecule has 1 aromatic carbocycles. The molecule has 1 saturated carbocycles. The lowest BCUT2D eigenvalue weighted by atomic mass is 9.56. The van der Waals surface area contributed by atoms with E-state index >= 15 is 0 Å². The highest BCUT2D eigenvalue weighted by Gasteiger charge is 2.58. The number of hydrogen-bond acceptors (Lipinski definition) is 3. The van der Waals surface area contributed by atoms with Crippen molar-refractivity contribution in [3.05, 3.63) is 35.4 Å². The first kappa shape index (κ1) is 16.0. The Morgan fingerprint density at radius 3 is 2.52 bits per heavy atom. The number of carbonyl (C=O) groups excluding carboxylic acids is 1. The van der Waals surface area contributed by atoms with Crippen LogP contribution in [0.1, 0.15) is 43.1 Å². The summed E-state index contributed by atoms with van der Waals surface area (Å²) in [4.78, 5) is 12.5. The quantitative estimate of drug-likeness (QED) is 0.907. The van der Waals surface area contributed by atoms with Gasteiger partial charge in [-0.2, -0.15) is 0 Å². The van der Waals surface area contributed by atoms with E-state index in [1.165, 1.54) is 0 Å². The highest BCUT2D eigenvalue weighted by Crippen LogP contribution is 2.51. The Morgan fingerprint density at radius 2 is 1.95 bits per heavy atom. The van der Waals surface area contributed by atoms with Crippen LogP contribution in [0.5, 0.6) is 0 Å². The van der Waals surface area contributed by atoms with Crippen molar-refractivity contribution in [3.63, 3.8) is 0 Å². The molecule has 2 rings (SSSR count). The first-order valence-corrected chi connectivity index (χ1v) is 7.28. The van der Waals surface area contributed by atoms with Crippen LogP contribution in [0.15, 0.2) is 24.3 Å². The van der Waals surface area contributed by atoms with Crippen molar-refractivity contribution in [2.24, 2.45) is 5.41 Å². The number of amides is 1. The molecule has 4 heteroatoms. The van der Waals surface area contributed by atoms with E-state index in [4.69, 9.17) is 9.47 Å². The molecule has 4 nitrogen and oxygen atoms in total. The van der Waals surface area contributed by atoms with Gasteiger partial charge in [-0.25, -0.2) is 0 Å². The zero-order chi connectivity index (χ0) is 15.7. The lowest BCUT2D eigenvalue weighted by Crippen LogP contribution is -2.68. The minimum Gasteiger partial charge on any atom is -0.380 e. The molecule has 0 aliphatic heterocycles. The van der Waals surface area contributed by atoms with Gasteiger partial charge in [-0.3, -0.25) is 4.79 Å². The zero-order valence-electron chi connectivity index (χ0n) is 13.5. The van der Waals surface area contributed by atoms with Crippen LogP contribution in [-0.4, -0.2) is 31.8 Å². The molecular weight excluding hydrogens is 266 g/mol. The van der Waals surface area contributed by atoms with Gasteiger partial charge in [-0.05, 0) is 25.0 Å². The van der Waals surface area contributed by atoms with Gasteiger partial charge in [0.25, 0.3) is 5.91 Å². The van der Waals surface area contributed by atoms with Crippen LogP contribution in [0, 0.1) is 5.41 Å². The average Bonchev–Trinajstić information content (AvgIpc) is 2.47. The summed E-state index contributed by atoms with van der Waals surface area (Å²) in [5.41, 5.74) is 1.32. The number of hydrogen-bond donors (Lipinski definition) is 1. The molecule has 0 bridgehead atoms. The topological polar surface area (TPSA) is 47.6 Å². The van der Waals surface area contributed by atoms with E-state index in [1.54, 1.807) is 14.2 Å². The third-order valence-electron chi connectivity index (χ3n) is 5.15. The molecule has 21 heavy (non-hydrogen) atoms. The standard InChI is InChI=1S/C17H25NO3/c1-16(2)14(10-17(16,3)21-5)18-15(19)13-9-7-6-8-12(13)11-20-4/h6-9,14H,10-11H2,1-5H3,(H,18,19)/t14-,17+/m1/s1. The second-order valence-electron chi connectivity index (χ2n) is 6.48. The van der Waals surface area contributed by atoms with Gasteiger partial charge < -0.3 is 14.8 Å². The number of nitrogens with one attached hydrogen (secondary N) is 1. The molecule has 0 spiro atoms. The summed E-state index contributed by atoms with van der Waals surface area (Å²) in [6.07, 6.45) is 0.828. The molecule has 0 heterocycles. The Kier molecular flexibility index (Phi) is 4.40. The maximum absolute atomic E-state index is 12.5. The number of methoxy groups -OCH3 is 2. The van der Waals surface area contributed by atoms with Crippen LogP contribution in [0.3, 0.4) is 0 Å². The predicted molar refractivity (Wildman–Crippen MR) is 82.2 cm³/mol. The number of benzene rings is 1. The number of carbonyl (C=O) groups is 1. The molecule has 116 valence electrons. The molecule has 0 saturated heterocycles. The number of ether oxygens (including phenoxy) is 2. The Bertz CT molecular complexity index is 527. The van der Waals surface area contributed by atoms with E-state index in [-0.39, 0.29) is 23.0 Å². The molecule has 1 fully saturated rings. The lowest BCUT2D eigenvalue weighted by molar-refractivity contribution is -0.177. The van der Waals surface area contributed by atoms with Crippen LogP contribution < -0.4 is 5.32 Å². The Hall–Kier alpha value is -1.39. The van der Waals surface area contributed by atoms with Crippen molar-refractivity contribution in [2.75, 3.05) is 14.2 Å². The maximum atomic E-state index is 12.5. The Balaban J connectivity index is 2.10. The van der Waals surface area contributed by atoms with Crippen LogP contribution in [0.4, 0.5) is 0 Å². The third kappa shape index (κ3) is 2.70. The molecule has 1 aromatic rings. The van der Waals surface area contributed by atoms with Gasteiger partial charge in [-0.1, -0.05) is 32.0 Å². The third-order valence-corrected chi connectivity index (χ3v) is 5.15. The van der Waals surface area contributed by atoms with Crippen molar-refractivity contribution < 1.29 is 14.3 Å². The lowest BCUT2D eigenvalue weighted by Gasteiger charge is -2.59. The minimum absolute atomic E-state index is 0.0427. The van der Waals surface area contributed by atoms with Crippen LogP contribution >= 0.6 is 0 Å². The summed E-state index contributed by atoms with van der Waals surface area (Å²) in [6.45, 7) is 6.79. The Labute approximate surface area is 126 Å². The van der Waals surface area contributed by atoms with Crippen molar-refractivity contribution in [1.29, 1.82) is 0 Å². The van der Waals surface area contributed by atoms with Crippen LogP contribution in [-0.2, 0) is 16.1 Å². The van der Waals surface area contributed by atoms with Gasteiger partial charge in [0.2, 0.25) is 0 Å². The maximum Gasteiger partial charge on any atom is 0.251 e.